The standard InChI is InChI=1S/C20H28N4OS/c1-14-11-15(2)13-16(12-14)19(25)21-10-6-9-18-22-23-20(26-3)24(18)17-7-4-5-8-17/h11-13,17H,4-10H2,1-3H3,(H,21,25). The fraction of sp³-hybridized carbons (Fsp3) is 0.550. The molecule has 1 heterocycles. The van der Waals surface area contributed by atoms with Gasteiger partial charge in [-0.05, 0) is 51.5 Å². The zero-order valence-electron chi connectivity index (χ0n) is 15.9. The van der Waals surface area contributed by atoms with Gasteiger partial charge in [-0.3, -0.25) is 4.79 Å². The highest BCUT2D eigenvalue weighted by molar-refractivity contribution is 7.98. The Morgan fingerprint density at radius 2 is 1.88 bits per heavy atom. The molecule has 1 aliphatic rings. The zero-order chi connectivity index (χ0) is 18.5. The molecule has 0 aliphatic heterocycles. The summed E-state index contributed by atoms with van der Waals surface area (Å²) in [5.74, 6) is 1.06. The summed E-state index contributed by atoms with van der Waals surface area (Å²) in [4.78, 5) is 12.3. The molecule has 0 radical (unpaired) electrons. The van der Waals surface area contributed by atoms with Crippen molar-refractivity contribution in [2.45, 2.75) is 63.6 Å². The Hall–Kier alpha value is -1.82. The quantitative estimate of drug-likeness (QED) is 0.587. The van der Waals surface area contributed by atoms with Crippen LogP contribution in [0.15, 0.2) is 23.4 Å². The summed E-state index contributed by atoms with van der Waals surface area (Å²) in [6, 6.07) is 6.50. The van der Waals surface area contributed by atoms with Gasteiger partial charge in [0.2, 0.25) is 0 Å². The van der Waals surface area contributed by atoms with Gasteiger partial charge in [-0.25, -0.2) is 0 Å². The molecule has 0 bridgehead atoms. The van der Waals surface area contributed by atoms with E-state index in [1.54, 1.807) is 11.8 Å². The van der Waals surface area contributed by atoms with Crippen molar-refractivity contribution in [3.8, 4) is 0 Å². The minimum absolute atomic E-state index is 0.00105. The number of carbonyl (C=O) groups is 1. The van der Waals surface area contributed by atoms with Gasteiger partial charge in [0.05, 0.1) is 0 Å². The Kier molecular flexibility index (Phi) is 6.35. The molecule has 0 atom stereocenters. The second-order valence-electron chi connectivity index (χ2n) is 7.15. The van der Waals surface area contributed by atoms with Gasteiger partial charge in [-0.2, -0.15) is 0 Å². The Balaban J connectivity index is 1.55. The van der Waals surface area contributed by atoms with Crippen molar-refractivity contribution in [1.29, 1.82) is 0 Å². The van der Waals surface area contributed by atoms with E-state index in [1.165, 1.54) is 25.7 Å². The first-order valence-corrected chi connectivity index (χ1v) is 10.6. The number of hydrogen-bond donors (Lipinski definition) is 1. The molecule has 1 fully saturated rings. The molecular weight excluding hydrogens is 344 g/mol. The lowest BCUT2D eigenvalue weighted by Crippen LogP contribution is -2.25. The van der Waals surface area contributed by atoms with Crippen molar-refractivity contribution in [1.82, 2.24) is 20.1 Å². The maximum Gasteiger partial charge on any atom is 0.251 e. The predicted molar refractivity (Wildman–Crippen MR) is 106 cm³/mol. The lowest BCUT2D eigenvalue weighted by Gasteiger charge is -2.16. The van der Waals surface area contributed by atoms with E-state index < -0.39 is 0 Å². The number of nitrogens with zero attached hydrogens (tertiary/aromatic N) is 3. The van der Waals surface area contributed by atoms with Crippen LogP contribution in [-0.2, 0) is 6.42 Å². The summed E-state index contributed by atoms with van der Waals surface area (Å²) in [6.07, 6.45) is 8.81. The first-order valence-electron chi connectivity index (χ1n) is 9.42. The molecule has 0 saturated heterocycles. The van der Waals surface area contributed by atoms with Crippen LogP contribution in [-0.4, -0.2) is 33.5 Å². The molecule has 0 spiro atoms. The van der Waals surface area contributed by atoms with Gasteiger partial charge in [0.25, 0.3) is 5.91 Å². The average molecular weight is 373 g/mol. The molecule has 1 amide bonds. The highest BCUT2D eigenvalue weighted by Crippen LogP contribution is 2.33. The van der Waals surface area contributed by atoms with Gasteiger partial charge in [-0.15, -0.1) is 10.2 Å². The van der Waals surface area contributed by atoms with Crippen LogP contribution < -0.4 is 5.32 Å². The third kappa shape index (κ3) is 4.47. The Morgan fingerprint density at radius 1 is 1.19 bits per heavy atom. The molecule has 6 heteroatoms. The molecule has 1 saturated carbocycles. The van der Waals surface area contributed by atoms with Crippen LogP contribution in [0, 0.1) is 13.8 Å². The molecule has 2 aromatic rings. The number of thioether (sulfide) groups is 1. The molecule has 5 nitrogen and oxygen atoms in total. The number of benzene rings is 1. The van der Waals surface area contributed by atoms with Gasteiger partial charge < -0.3 is 9.88 Å². The fourth-order valence-electron chi connectivity index (χ4n) is 3.80. The van der Waals surface area contributed by atoms with E-state index in [-0.39, 0.29) is 5.91 Å². The van der Waals surface area contributed by atoms with Gasteiger partial charge in [0, 0.05) is 24.6 Å². The average Bonchev–Trinajstić information content (AvgIpc) is 3.26. The predicted octanol–water partition coefficient (Wildman–Crippen LogP) is 4.09. The van der Waals surface area contributed by atoms with Gasteiger partial charge in [0.15, 0.2) is 5.16 Å². The van der Waals surface area contributed by atoms with Crippen molar-refractivity contribution in [2.24, 2.45) is 0 Å². The number of rotatable bonds is 7. The number of hydrogen-bond acceptors (Lipinski definition) is 4. The Labute approximate surface area is 160 Å². The second kappa shape index (κ2) is 8.71. The van der Waals surface area contributed by atoms with Crippen LogP contribution in [0.3, 0.4) is 0 Å². The molecule has 1 aromatic carbocycles. The Morgan fingerprint density at radius 3 is 2.54 bits per heavy atom. The lowest BCUT2D eigenvalue weighted by molar-refractivity contribution is 0.0953. The minimum atomic E-state index is -0.00105. The maximum absolute atomic E-state index is 12.3. The molecular formula is C20H28N4OS. The number of aromatic nitrogens is 3. The molecule has 1 aromatic heterocycles. The van der Waals surface area contributed by atoms with E-state index >= 15 is 0 Å². The first kappa shape index (κ1) is 19.0. The molecule has 1 aliphatic carbocycles. The topological polar surface area (TPSA) is 59.8 Å². The summed E-state index contributed by atoms with van der Waals surface area (Å²) in [6.45, 7) is 4.68. The smallest absolute Gasteiger partial charge is 0.251 e. The minimum Gasteiger partial charge on any atom is -0.352 e. The van der Waals surface area contributed by atoms with E-state index in [1.807, 2.05) is 26.0 Å². The van der Waals surface area contributed by atoms with Gasteiger partial charge >= 0.3 is 0 Å². The molecule has 140 valence electrons. The lowest BCUT2D eigenvalue weighted by atomic mass is 10.1. The molecule has 3 rings (SSSR count). The summed E-state index contributed by atoms with van der Waals surface area (Å²) in [5.41, 5.74) is 2.97. The third-order valence-electron chi connectivity index (χ3n) is 4.95. The highest BCUT2D eigenvalue weighted by Gasteiger charge is 2.23. The largest absolute Gasteiger partial charge is 0.352 e. The van der Waals surface area contributed by atoms with Crippen LogP contribution in [0.2, 0.25) is 0 Å². The second-order valence-corrected chi connectivity index (χ2v) is 7.92. The van der Waals surface area contributed by atoms with Crippen LogP contribution in [0.4, 0.5) is 0 Å². The highest BCUT2D eigenvalue weighted by atomic mass is 32.2. The molecule has 1 N–H and O–H groups in total. The molecule has 0 unspecified atom stereocenters. The van der Waals surface area contributed by atoms with Gasteiger partial charge in [0.1, 0.15) is 5.82 Å². The van der Waals surface area contributed by atoms with Crippen molar-refractivity contribution in [3.63, 3.8) is 0 Å². The van der Waals surface area contributed by atoms with E-state index in [4.69, 9.17) is 0 Å². The SMILES string of the molecule is CSc1nnc(CCCNC(=O)c2cc(C)cc(C)c2)n1C1CCCC1. The zero-order valence-corrected chi connectivity index (χ0v) is 16.7. The van der Waals surface area contributed by atoms with Crippen LogP contribution in [0.5, 0.6) is 0 Å². The maximum atomic E-state index is 12.3. The third-order valence-corrected chi connectivity index (χ3v) is 5.60. The summed E-state index contributed by atoms with van der Waals surface area (Å²) < 4.78 is 2.34. The van der Waals surface area contributed by atoms with Crippen LogP contribution in [0.1, 0.15) is 65.5 Å². The summed E-state index contributed by atoms with van der Waals surface area (Å²) in [5, 5.41) is 12.8. The first-order chi connectivity index (χ1) is 12.6. The van der Waals surface area contributed by atoms with Crippen LogP contribution in [0.25, 0.3) is 0 Å². The van der Waals surface area contributed by atoms with E-state index in [0.717, 1.165) is 40.5 Å². The van der Waals surface area contributed by atoms with Crippen molar-refractivity contribution in [3.05, 3.63) is 40.7 Å². The number of nitrogens with one attached hydrogen (secondary N) is 1. The van der Waals surface area contributed by atoms with E-state index in [9.17, 15) is 4.79 Å². The summed E-state index contributed by atoms with van der Waals surface area (Å²) >= 11 is 1.67. The number of aryl methyl sites for hydroxylation is 3. The fourth-order valence-corrected chi connectivity index (χ4v) is 4.38. The van der Waals surface area contributed by atoms with E-state index in [2.05, 4.69) is 32.4 Å². The van der Waals surface area contributed by atoms with Gasteiger partial charge in [-0.1, -0.05) is 41.8 Å². The number of carbonyl (C=O) groups excluding carboxylic acids is 1. The normalized spacial score (nSPS) is 14.7. The van der Waals surface area contributed by atoms with Crippen molar-refractivity contribution < 1.29 is 4.79 Å². The van der Waals surface area contributed by atoms with E-state index in [0.29, 0.717) is 12.6 Å². The van der Waals surface area contributed by atoms with Crippen molar-refractivity contribution in [2.75, 3.05) is 12.8 Å². The van der Waals surface area contributed by atoms with Crippen LogP contribution >= 0.6 is 11.8 Å². The summed E-state index contributed by atoms with van der Waals surface area (Å²) in [7, 11) is 0. The van der Waals surface area contributed by atoms with Crippen molar-refractivity contribution >= 4 is 17.7 Å². The monoisotopic (exact) mass is 372 g/mol. The Bertz CT molecular complexity index is 745. The number of amides is 1. The molecule has 26 heavy (non-hydrogen) atoms.